The number of aryl methyl sites for hydroxylation is 1. The molecule has 8 nitrogen and oxygen atoms in total. The number of nitrogens with one attached hydrogen (secondary N) is 3. The number of urea groups is 1. The molecule has 2 aromatic carbocycles. The summed E-state index contributed by atoms with van der Waals surface area (Å²) in [6.07, 6.45) is 0.358. The van der Waals surface area contributed by atoms with Crippen molar-refractivity contribution in [3.05, 3.63) is 58.3 Å². The van der Waals surface area contributed by atoms with E-state index in [4.69, 9.17) is 16.0 Å². The summed E-state index contributed by atoms with van der Waals surface area (Å²) >= 11 is 5.72. The predicted octanol–water partition coefficient (Wildman–Crippen LogP) is 4.20. The molecule has 0 saturated carbocycles. The van der Waals surface area contributed by atoms with Crippen LogP contribution >= 0.6 is 11.6 Å². The van der Waals surface area contributed by atoms with Crippen LogP contribution in [0, 0.1) is 18.6 Å². The minimum atomic E-state index is -0.788. The fraction of sp³-hybridized carbons (Fsp3) is 0.292. The summed E-state index contributed by atoms with van der Waals surface area (Å²) in [5.41, 5.74) is 1.16. The van der Waals surface area contributed by atoms with Gasteiger partial charge < -0.3 is 20.0 Å². The molecule has 3 N–H and O–H groups in total. The van der Waals surface area contributed by atoms with Crippen molar-refractivity contribution in [2.75, 3.05) is 23.3 Å². The summed E-state index contributed by atoms with van der Waals surface area (Å²) in [5, 5.41) is 8.17. The second kappa shape index (κ2) is 8.84. The number of piperidine rings is 1. The minimum Gasteiger partial charge on any atom is -0.459 e. The molecule has 2 fully saturated rings. The molecule has 5 rings (SSSR count). The Kier molecular flexibility index (Phi) is 5.84. The van der Waals surface area contributed by atoms with Gasteiger partial charge >= 0.3 is 6.03 Å². The largest absolute Gasteiger partial charge is 0.459 e. The first-order chi connectivity index (χ1) is 16.7. The van der Waals surface area contributed by atoms with Crippen molar-refractivity contribution in [3.63, 3.8) is 0 Å². The van der Waals surface area contributed by atoms with Gasteiger partial charge in [-0.25, -0.2) is 13.6 Å². The normalized spacial score (nSPS) is 18.4. The highest BCUT2D eigenvalue weighted by Crippen LogP contribution is 2.40. The summed E-state index contributed by atoms with van der Waals surface area (Å²) in [4.78, 5) is 38.0. The Morgan fingerprint density at radius 3 is 2.66 bits per heavy atom. The number of furan rings is 1. The lowest BCUT2D eigenvalue weighted by Crippen LogP contribution is -2.60. The number of amides is 4. The molecule has 0 unspecified atom stereocenters. The summed E-state index contributed by atoms with van der Waals surface area (Å²) < 4.78 is 35.1. The van der Waals surface area contributed by atoms with Gasteiger partial charge in [0.15, 0.2) is 5.58 Å². The molecule has 0 radical (unpaired) electrons. The maximum Gasteiger partial charge on any atom is 0.319 e. The average Bonchev–Trinajstić information content (AvgIpc) is 3.14. The zero-order valence-electron chi connectivity index (χ0n) is 18.6. The van der Waals surface area contributed by atoms with Crippen molar-refractivity contribution in [3.8, 4) is 0 Å². The van der Waals surface area contributed by atoms with E-state index in [-0.39, 0.29) is 41.1 Å². The van der Waals surface area contributed by atoms with Crippen molar-refractivity contribution in [2.45, 2.75) is 31.7 Å². The lowest BCUT2D eigenvalue weighted by molar-refractivity contribution is -0.134. The van der Waals surface area contributed by atoms with E-state index in [0.717, 1.165) is 6.07 Å². The number of nitrogens with zero attached hydrogens (tertiary/aromatic N) is 1. The van der Waals surface area contributed by atoms with Gasteiger partial charge in [-0.05, 0) is 37.6 Å². The molecule has 0 spiro atoms. The first-order valence-corrected chi connectivity index (χ1v) is 11.4. The van der Waals surface area contributed by atoms with Crippen LogP contribution < -0.4 is 20.9 Å². The lowest BCUT2D eigenvalue weighted by atomic mass is 9.87. The molecule has 3 aromatic rings. The van der Waals surface area contributed by atoms with Crippen LogP contribution in [0.15, 0.2) is 34.7 Å². The number of hydrogen-bond donors (Lipinski definition) is 3. The highest BCUT2D eigenvalue weighted by atomic mass is 35.5. The smallest absolute Gasteiger partial charge is 0.319 e. The average molecular weight is 503 g/mol. The second-order valence-corrected chi connectivity index (χ2v) is 9.16. The summed E-state index contributed by atoms with van der Waals surface area (Å²) in [6, 6.07) is 6.12. The van der Waals surface area contributed by atoms with Gasteiger partial charge in [0.1, 0.15) is 17.4 Å². The standard InChI is InChI=1S/C24H21ClF2N4O4/c1-11-6-15-21(14-3-5-20(32)30-23(14)33)17(27)8-19(22(15)35-11)31-9-13(10-31)28-24(34)29-18-4-2-12(25)7-16(18)26/h2,4,6-8,13-14H,3,5,9-10H2,1H3,(H2,28,29,34)(H,30,32,33)/t14-/m1/s1. The Balaban J connectivity index is 1.31. The molecule has 0 bridgehead atoms. The van der Waals surface area contributed by atoms with Gasteiger partial charge in [0.25, 0.3) is 0 Å². The molecule has 2 aliphatic rings. The topological polar surface area (TPSA) is 104 Å². The SMILES string of the molecule is Cc1cc2c([C@H]3CCC(=O)NC3=O)c(F)cc(N3CC(NC(=O)Nc4ccc(Cl)cc4F)C3)c2o1. The van der Waals surface area contributed by atoms with E-state index in [2.05, 4.69) is 16.0 Å². The molecular weight excluding hydrogens is 482 g/mol. The maximum absolute atomic E-state index is 15.3. The van der Waals surface area contributed by atoms with Crippen LogP contribution in [0.2, 0.25) is 5.02 Å². The van der Waals surface area contributed by atoms with E-state index in [1.54, 1.807) is 13.0 Å². The Morgan fingerprint density at radius 1 is 1.17 bits per heavy atom. The molecular formula is C24H21ClF2N4O4. The predicted molar refractivity (Wildman–Crippen MR) is 126 cm³/mol. The molecule has 0 aliphatic carbocycles. The van der Waals surface area contributed by atoms with Gasteiger partial charge in [0.05, 0.1) is 23.3 Å². The van der Waals surface area contributed by atoms with Crippen LogP contribution in [0.3, 0.4) is 0 Å². The quantitative estimate of drug-likeness (QED) is 0.464. The van der Waals surface area contributed by atoms with Gasteiger partial charge in [-0.1, -0.05) is 11.6 Å². The van der Waals surface area contributed by atoms with Crippen molar-refractivity contribution in [1.82, 2.24) is 10.6 Å². The molecule has 3 heterocycles. The maximum atomic E-state index is 15.3. The van der Waals surface area contributed by atoms with E-state index in [0.29, 0.717) is 35.5 Å². The van der Waals surface area contributed by atoms with Crippen LogP contribution in [0.1, 0.15) is 30.1 Å². The molecule has 2 saturated heterocycles. The fourth-order valence-corrected chi connectivity index (χ4v) is 4.71. The number of anilines is 2. The van der Waals surface area contributed by atoms with Crippen molar-refractivity contribution in [2.24, 2.45) is 0 Å². The third kappa shape index (κ3) is 4.41. The Bertz CT molecular complexity index is 1370. The van der Waals surface area contributed by atoms with Crippen molar-refractivity contribution in [1.29, 1.82) is 0 Å². The van der Waals surface area contributed by atoms with E-state index >= 15 is 4.39 Å². The van der Waals surface area contributed by atoms with E-state index in [1.807, 2.05) is 4.90 Å². The molecule has 4 amide bonds. The van der Waals surface area contributed by atoms with Gasteiger partial charge in [0.2, 0.25) is 11.8 Å². The number of rotatable bonds is 4. The van der Waals surface area contributed by atoms with Gasteiger partial charge in [-0.15, -0.1) is 0 Å². The molecule has 1 atom stereocenters. The second-order valence-electron chi connectivity index (χ2n) is 8.72. The first kappa shape index (κ1) is 23.1. The van der Waals surface area contributed by atoms with Gasteiger partial charge in [-0.2, -0.15) is 0 Å². The van der Waals surface area contributed by atoms with Crippen LogP contribution in [-0.4, -0.2) is 37.0 Å². The van der Waals surface area contributed by atoms with Gasteiger partial charge in [-0.3, -0.25) is 14.9 Å². The summed E-state index contributed by atoms with van der Waals surface area (Å²) in [5.74, 6) is -2.33. The van der Waals surface area contributed by atoms with Gasteiger partial charge in [0, 0.05) is 41.5 Å². The molecule has 11 heteroatoms. The number of carbonyl (C=O) groups is 3. The van der Waals surface area contributed by atoms with Crippen molar-refractivity contribution >= 4 is 51.8 Å². The fourth-order valence-electron chi connectivity index (χ4n) is 4.56. The molecule has 1 aromatic heterocycles. The first-order valence-electron chi connectivity index (χ1n) is 11.0. The minimum absolute atomic E-state index is 0.00181. The molecule has 2 aliphatic heterocycles. The third-order valence-electron chi connectivity index (χ3n) is 6.22. The number of hydrogen-bond acceptors (Lipinski definition) is 5. The summed E-state index contributed by atoms with van der Waals surface area (Å²) in [6.45, 7) is 2.49. The Hall–Kier alpha value is -3.66. The van der Waals surface area contributed by atoms with Crippen molar-refractivity contribution < 1.29 is 27.6 Å². The molecule has 35 heavy (non-hydrogen) atoms. The number of fused-ring (bicyclic) bond motifs is 1. The Morgan fingerprint density at radius 2 is 1.94 bits per heavy atom. The highest BCUT2D eigenvalue weighted by Gasteiger charge is 2.35. The number of benzene rings is 2. The number of imide groups is 1. The highest BCUT2D eigenvalue weighted by molar-refractivity contribution is 6.30. The van der Waals surface area contributed by atoms with E-state index in [9.17, 15) is 18.8 Å². The van der Waals surface area contributed by atoms with Crippen LogP contribution in [-0.2, 0) is 9.59 Å². The lowest BCUT2D eigenvalue weighted by Gasteiger charge is -2.41. The van der Waals surface area contributed by atoms with E-state index < -0.39 is 29.5 Å². The zero-order chi connectivity index (χ0) is 24.9. The third-order valence-corrected chi connectivity index (χ3v) is 6.46. The number of halogens is 3. The Labute approximate surface area is 203 Å². The number of carbonyl (C=O) groups excluding carboxylic acids is 3. The van der Waals surface area contributed by atoms with E-state index in [1.165, 1.54) is 18.2 Å². The monoisotopic (exact) mass is 502 g/mol. The molecule has 182 valence electrons. The van der Waals surface area contributed by atoms with Crippen LogP contribution in [0.25, 0.3) is 11.0 Å². The van der Waals surface area contributed by atoms with Crippen LogP contribution in [0.4, 0.5) is 25.0 Å². The summed E-state index contributed by atoms with van der Waals surface area (Å²) in [7, 11) is 0. The van der Waals surface area contributed by atoms with Crippen LogP contribution in [0.5, 0.6) is 0 Å². The zero-order valence-corrected chi connectivity index (χ0v) is 19.3.